The molecule has 1 saturated heterocycles. The Balaban J connectivity index is 1.85. The Kier molecular flexibility index (Phi) is 4.51. The van der Waals surface area contributed by atoms with Gasteiger partial charge in [0.15, 0.2) is 5.82 Å². The topological polar surface area (TPSA) is 60.2 Å². The van der Waals surface area contributed by atoms with E-state index in [1.165, 1.54) is 7.11 Å². The van der Waals surface area contributed by atoms with Crippen molar-refractivity contribution in [2.45, 2.75) is 25.3 Å². The van der Waals surface area contributed by atoms with Crippen LogP contribution in [0.3, 0.4) is 0 Å². The van der Waals surface area contributed by atoms with Gasteiger partial charge >= 0.3 is 5.97 Å². The van der Waals surface area contributed by atoms with Gasteiger partial charge in [-0.05, 0) is 49.6 Å². The predicted octanol–water partition coefficient (Wildman–Crippen LogP) is 3.61. The van der Waals surface area contributed by atoms with Crippen LogP contribution in [0.4, 0.5) is 5.82 Å². The Morgan fingerprint density at radius 2 is 2.04 bits per heavy atom. The molecular weight excluding hydrogens is 352 g/mol. The second-order valence-electron chi connectivity index (χ2n) is 6.33. The standard InChI is InChI=1S/C19H19ClN4O2/c1-26-19(25)16-4-2-3-11-23(16)18-15-9-10-21-12-17(15)24(22-18)14-7-5-13(20)6-8-14/h5-10,12,16H,2-4,11H2,1H3/t16-/m1/s1. The van der Waals surface area contributed by atoms with Gasteiger partial charge in [-0.1, -0.05) is 11.6 Å². The lowest BCUT2D eigenvalue weighted by molar-refractivity contribution is -0.142. The Morgan fingerprint density at radius 1 is 1.23 bits per heavy atom. The molecule has 7 heteroatoms. The molecule has 3 aromatic rings. The SMILES string of the molecule is COC(=O)[C@H]1CCCCN1c1nn(-c2ccc(Cl)cc2)c2cnccc12. The summed E-state index contributed by atoms with van der Waals surface area (Å²) in [6.45, 7) is 0.773. The second-order valence-corrected chi connectivity index (χ2v) is 6.77. The summed E-state index contributed by atoms with van der Waals surface area (Å²) < 4.78 is 6.86. The number of rotatable bonds is 3. The minimum Gasteiger partial charge on any atom is -0.467 e. The zero-order chi connectivity index (χ0) is 18.1. The van der Waals surface area contributed by atoms with E-state index in [-0.39, 0.29) is 12.0 Å². The summed E-state index contributed by atoms with van der Waals surface area (Å²) in [7, 11) is 1.43. The number of aromatic nitrogens is 3. The zero-order valence-electron chi connectivity index (χ0n) is 14.4. The van der Waals surface area contributed by atoms with Crippen molar-refractivity contribution in [3.8, 4) is 5.69 Å². The quantitative estimate of drug-likeness (QED) is 0.659. The summed E-state index contributed by atoms with van der Waals surface area (Å²) in [5, 5.41) is 6.47. The number of esters is 1. The fraction of sp³-hybridized carbons (Fsp3) is 0.316. The van der Waals surface area contributed by atoms with Crippen molar-refractivity contribution in [1.82, 2.24) is 14.8 Å². The average molecular weight is 371 g/mol. The number of hydrogen-bond acceptors (Lipinski definition) is 5. The number of anilines is 1. The first-order valence-electron chi connectivity index (χ1n) is 8.62. The Morgan fingerprint density at radius 3 is 2.81 bits per heavy atom. The van der Waals surface area contributed by atoms with Crippen LogP contribution < -0.4 is 4.90 Å². The van der Waals surface area contributed by atoms with Gasteiger partial charge in [-0.2, -0.15) is 0 Å². The highest BCUT2D eigenvalue weighted by atomic mass is 35.5. The molecule has 0 spiro atoms. The number of halogens is 1. The van der Waals surface area contributed by atoms with Crippen molar-refractivity contribution in [3.05, 3.63) is 47.7 Å². The zero-order valence-corrected chi connectivity index (χ0v) is 15.2. The lowest BCUT2D eigenvalue weighted by Gasteiger charge is -2.34. The van der Waals surface area contributed by atoms with Crippen molar-refractivity contribution in [1.29, 1.82) is 0 Å². The maximum absolute atomic E-state index is 12.3. The summed E-state index contributed by atoms with van der Waals surface area (Å²) in [5.41, 5.74) is 1.78. The van der Waals surface area contributed by atoms with E-state index in [0.717, 1.165) is 48.2 Å². The smallest absolute Gasteiger partial charge is 0.328 e. The molecule has 0 bridgehead atoms. The molecule has 6 nitrogen and oxygen atoms in total. The van der Waals surface area contributed by atoms with Crippen LogP contribution in [0.5, 0.6) is 0 Å². The van der Waals surface area contributed by atoms with Crippen LogP contribution in [-0.2, 0) is 9.53 Å². The fourth-order valence-electron chi connectivity index (χ4n) is 3.50. The van der Waals surface area contributed by atoms with E-state index < -0.39 is 0 Å². The van der Waals surface area contributed by atoms with Crippen molar-refractivity contribution < 1.29 is 9.53 Å². The minimum atomic E-state index is -0.307. The second kappa shape index (κ2) is 6.96. The van der Waals surface area contributed by atoms with Crippen molar-refractivity contribution in [3.63, 3.8) is 0 Å². The summed E-state index contributed by atoms with van der Waals surface area (Å²) in [6.07, 6.45) is 6.34. The summed E-state index contributed by atoms with van der Waals surface area (Å²) >= 11 is 6.01. The molecule has 1 aliphatic heterocycles. The van der Waals surface area contributed by atoms with Crippen molar-refractivity contribution >= 4 is 34.3 Å². The molecule has 0 amide bonds. The van der Waals surface area contributed by atoms with Gasteiger partial charge in [-0.15, -0.1) is 5.10 Å². The fourth-order valence-corrected chi connectivity index (χ4v) is 3.63. The Hall–Kier alpha value is -2.60. The first-order valence-corrected chi connectivity index (χ1v) is 9.00. The lowest BCUT2D eigenvalue weighted by atomic mass is 10.0. The predicted molar refractivity (Wildman–Crippen MR) is 101 cm³/mol. The van der Waals surface area contributed by atoms with Crippen LogP contribution in [-0.4, -0.2) is 40.4 Å². The van der Waals surface area contributed by atoms with Gasteiger partial charge in [0.25, 0.3) is 0 Å². The summed E-state index contributed by atoms with van der Waals surface area (Å²) in [4.78, 5) is 18.6. The van der Waals surface area contributed by atoms with Gasteiger partial charge in [-0.3, -0.25) is 4.98 Å². The Bertz CT molecular complexity index is 938. The third-order valence-corrected chi connectivity index (χ3v) is 5.04. The van der Waals surface area contributed by atoms with E-state index in [1.807, 2.05) is 35.0 Å². The number of benzene rings is 1. The first-order chi connectivity index (χ1) is 12.7. The van der Waals surface area contributed by atoms with Crippen LogP contribution in [0, 0.1) is 0 Å². The number of ether oxygens (including phenoxy) is 1. The molecule has 0 N–H and O–H groups in total. The van der Waals surface area contributed by atoms with E-state index in [0.29, 0.717) is 5.02 Å². The van der Waals surface area contributed by atoms with Crippen molar-refractivity contribution in [2.24, 2.45) is 0 Å². The summed E-state index contributed by atoms with van der Waals surface area (Å²) in [6, 6.07) is 9.13. The molecule has 1 fully saturated rings. The maximum atomic E-state index is 12.3. The van der Waals surface area contributed by atoms with E-state index in [4.69, 9.17) is 21.4 Å². The number of carbonyl (C=O) groups is 1. The average Bonchev–Trinajstić information content (AvgIpc) is 3.07. The normalized spacial score (nSPS) is 17.5. The molecule has 0 unspecified atom stereocenters. The number of fused-ring (bicyclic) bond motifs is 1. The molecule has 0 saturated carbocycles. The summed E-state index contributed by atoms with van der Waals surface area (Å²) in [5.74, 6) is 0.570. The molecule has 4 rings (SSSR count). The largest absolute Gasteiger partial charge is 0.467 e. The molecule has 134 valence electrons. The third-order valence-electron chi connectivity index (χ3n) is 4.78. The molecule has 1 atom stereocenters. The number of hydrogen-bond donors (Lipinski definition) is 0. The molecule has 0 aliphatic carbocycles. The molecule has 0 radical (unpaired) electrons. The van der Waals surface area contributed by atoms with Gasteiger partial charge in [0, 0.05) is 23.2 Å². The number of methoxy groups -OCH3 is 1. The molecule has 2 aromatic heterocycles. The highest BCUT2D eigenvalue weighted by Gasteiger charge is 2.32. The maximum Gasteiger partial charge on any atom is 0.328 e. The van der Waals surface area contributed by atoms with Crippen LogP contribution in [0.2, 0.25) is 5.02 Å². The van der Waals surface area contributed by atoms with Crippen LogP contribution in [0.15, 0.2) is 42.7 Å². The third kappa shape index (κ3) is 2.90. The molecular formula is C19H19ClN4O2. The number of piperidine rings is 1. The molecule has 1 aliphatic rings. The minimum absolute atomic E-state index is 0.215. The Labute approximate surface area is 156 Å². The van der Waals surface area contributed by atoms with E-state index in [2.05, 4.69) is 9.88 Å². The van der Waals surface area contributed by atoms with Gasteiger partial charge in [-0.25, -0.2) is 9.48 Å². The number of carbonyl (C=O) groups excluding carboxylic acids is 1. The van der Waals surface area contributed by atoms with Gasteiger partial charge < -0.3 is 9.64 Å². The molecule has 26 heavy (non-hydrogen) atoms. The van der Waals surface area contributed by atoms with Crippen molar-refractivity contribution in [2.75, 3.05) is 18.6 Å². The monoisotopic (exact) mass is 370 g/mol. The number of pyridine rings is 1. The highest BCUT2D eigenvalue weighted by Crippen LogP contribution is 2.32. The van der Waals surface area contributed by atoms with Crippen LogP contribution in [0.1, 0.15) is 19.3 Å². The van der Waals surface area contributed by atoms with Crippen LogP contribution >= 0.6 is 11.6 Å². The first kappa shape index (κ1) is 16.8. The van der Waals surface area contributed by atoms with E-state index in [1.54, 1.807) is 12.4 Å². The highest BCUT2D eigenvalue weighted by molar-refractivity contribution is 6.30. The molecule has 1 aromatic carbocycles. The van der Waals surface area contributed by atoms with E-state index >= 15 is 0 Å². The van der Waals surface area contributed by atoms with Gasteiger partial charge in [0.1, 0.15) is 6.04 Å². The molecule has 3 heterocycles. The van der Waals surface area contributed by atoms with E-state index in [9.17, 15) is 4.79 Å². The lowest BCUT2D eigenvalue weighted by Crippen LogP contribution is -2.45. The van der Waals surface area contributed by atoms with Crippen LogP contribution in [0.25, 0.3) is 16.6 Å². The number of nitrogens with zero attached hydrogens (tertiary/aromatic N) is 4. The van der Waals surface area contributed by atoms with Gasteiger partial charge in [0.2, 0.25) is 0 Å². The van der Waals surface area contributed by atoms with Gasteiger partial charge in [0.05, 0.1) is 24.5 Å².